The predicted molar refractivity (Wildman–Crippen MR) is 131 cm³/mol. The van der Waals surface area contributed by atoms with Crippen LogP contribution >= 0.6 is 0 Å². The lowest BCUT2D eigenvalue weighted by Gasteiger charge is -2.21. The molecule has 188 valence electrons. The number of amides is 2. The minimum atomic E-state index is -0.483. The second kappa shape index (κ2) is 20.1. The third kappa shape index (κ3) is 14.5. The van der Waals surface area contributed by atoms with Crippen LogP contribution in [0.4, 0.5) is 0 Å². The molecule has 0 rings (SSSR count). The highest BCUT2D eigenvalue weighted by Crippen LogP contribution is 2.06. The summed E-state index contributed by atoms with van der Waals surface area (Å²) in [7, 11) is 7.42. The van der Waals surface area contributed by atoms with Gasteiger partial charge in [-0.3, -0.25) is 14.4 Å². The fourth-order valence-electron chi connectivity index (χ4n) is 3.57. The first-order chi connectivity index (χ1) is 15.4. The van der Waals surface area contributed by atoms with E-state index in [1.807, 2.05) is 21.1 Å². The molecule has 0 aromatic rings. The van der Waals surface area contributed by atoms with Crippen molar-refractivity contribution in [1.82, 2.24) is 31.9 Å². The lowest BCUT2D eigenvalue weighted by molar-refractivity contribution is -0.128. The summed E-state index contributed by atoms with van der Waals surface area (Å²) in [4.78, 5) is 36.9. The number of hydrogen-bond acceptors (Lipinski definition) is 7. The van der Waals surface area contributed by atoms with Gasteiger partial charge in [0.15, 0.2) is 5.78 Å². The Bertz CT molecular complexity index is 518. The van der Waals surface area contributed by atoms with Crippen LogP contribution in [0.25, 0.3) is 0 Å². The third-order valence-electron chi connectivity index (χ3n) is 5.70. The number of carbonyl (C=O) groups excluding carboxylic acids is 3. The van der Waals surface area contributed by atoms with Crippen LogP contribution in [-0.4, -0.2) is 83.5 Å². The van der Waals surface area contributed by atoms with Crippen LogP contribution in [0, 0.1) is 0 Å². The average molecular weight is 457 g/mol. The highest BCUT2D eigenvalue weighted by molar-refractivity contribution is 5.89. The van der Waals surface area contributed by atoms with Gasteiger partial charge in [0.2, 0.25) is 11.8 Å². The van der Waals surface area contributed by atoms with E-state index in [4.69, 9.17) is 0 Å². The second-order valence-electron chi connectivity index (χ2n) is 8.34. The maximum Gasteiger partial charge on any atom is 0.237 e. The third-order valence-corrected chi connectivity index (χ3v) is 5.70. The molecule has 0 fully saturated rings. The van der Waals surface area contributed by atoms with E-state index in [1.165, 1.54) is 6.92 Å². The van der Waals surface area contributed by atoms with E-state index in [0.717, 1.165) is 64.5 Å². The lowest BCUT2D eigenvalue weighted by atomic mass is 10.0. The van der Waals surface area contributed by atoms with Crippen molar-refractivity contribution >= 4 is 17.6 Å². The Morgan fingerprint density at radius 3 is 1.47 bits per heavy atom. The zero-order valence-corrected chi connectivity index (χ0v) is 20.9. The Morgan fingerprint density at radius 1 is 0.594 bits per heavy atom. The Balaban J connectivity index is 4.27. The van der Waals surface area contributed by atoms with Gasteiger partial charge in [0.05, 0.1) is 18.1 Å². The molecular weight excluding hydrogens is 408 g/mol. The molecule has 0 spiro atoms. The highest BCUT2D eigenvalue weighted by atomic mass is 16.2. The van der Waals surface area contributed by atoms with Gasteiger partial charge in [0, 0.05) is 6.54 Å². The fourth-order valence-corrected chi connectivity index (χ4v) is 3.57. The summed E-state index contributed by atoms with van der Waals surface area (Å²) in [6.45, 7) is 3.96. The van der Waals surface area contributed by atoms with E-state index in [2.05, 4.69) is 31.9 Å². The molecule has 32 heavy (non-hydrogen) atoms. The first-order valence-corrected chi connectivity index (χ1v) is 12.1. The molecule has 3 atom stereocenters. The van der Waals surface area contributed by atoms with E-state index < -0.39 is 6.04 Å². The van der Waals surface area contributed by atoms with E-state index in [-0.39, 0.29) is 29.7 Å². The van der Waals surface area contributed by atoms with Crippen molar-refractivity contribution in [1.29, 1.82) is 0 Å². The second-order valence-corrected chi connectivity index (χ2v) is 8.34. The van der Waals surface area contributed by atoms with Gasteiger partial charge in [-0.05, 0) is 93.1 Å². The molecule has 0 radical (unpaired) electrons. The molecule has 0 saturated heterocycles. The van der Waals surface area contributed by atoms with Crippen LogP contribution in [0.15, 0.2) is 0 Å². The maximum absolute atomic E-state index is 12.6. The number of carbonyl (C=O) groups is 3. The standard InChI is InChI=1S/C23H48N6O3/c1-18(30)19(29-23(32)21(27-5)14-7-10-16-25-3)12-8-11-17-28-22(31)20(26-4)13-6-9-15-24-2/h19-21,24-27H,6-17H2,1-5H3,(H,28,31)(H,29,32)/t19-,20-,21-/m0/s1. The largest absolute Gasteiger partial charge is 0.355 e. The number of Topliss-reactive ketones (excluding diaryl/α,β-unsaturated/α-hetero) is 1. The summed E-state index contributed by atoms with van der Waals surface area (Å²) in [5, 5.41) is 18.2. The quantitative estimate of drug-likeness (QED) is 0.137. The smallest absolute Gasteiger partial charge is 0.237 e. The fraction of sp³-hybridized carbons (Fsp3) is 0.870. The van der Waals surface area contributed by atoms with Crippen LogP contribution in [0.3, 0.4) is 0 Å². The van der Waals surface area contributed by atoms with Crippen molar-refractivity contribution in [3.8, 4) is 0 Å². The van der Waals surface area contributed by atoms with Crippen molar-refractivity contribution in [2.45, 2.75) is 82.8 Å². The van der Waals surface area contributed by atoms with Crippen molar-refractivity contribution in [3.63, 3.8) is 0 Å². The average Bonchev–Trinajstić information content (AvgIpc) is 2.77. The highest BCUT2D eigenvalue weighted by Gasteiger charge is 2.22. The molecule has 0 aromatic heterocycles. The topological polar surface area (TPSA) is 123 Å². The summed E-state index contributed by atoms with van der Waals surface area (Å²) >= 11 is 0. The van der Waals surface area contributed by atoms with Gasteiger partial charge < -0.3 is 31.9 Å². The van der Waals surface area contributed by atoms with Crippen molar-refractivity contribution in [3.05, 3.63) is 0 Å². The predicted octanol–water partition coefficient (Wildman–Crippen LogP) is 0.302. The number of nitrogens with one attached hydrogen (secondary N) is 6. The lowest BCUT2D eigenvalue weighted by Crippen LogP contribution is -2.49. The van der Waals surface area contributed by atoms with Crippen LogP contribution in [0.2, 0.25) is 0 Å². The number of rotatable bonds is 21. The summed E-state index contributed by atoms with van der Waals surface area (Å²) in [5.41, 5.74) is 0. The molecule has 0 heterocycles. The van der Waals surface area contributed by atoms with Gasteiger partial charge in [0.25, 0.3) is 0 Å². The van der Waals surface area contributed by atoms with Crippen LogP contribution < -0.4 is 31.9 Å². The van der Waals surface area contributed by atoms with Gasteiger partial charge in [-0.15, -0.1) is 0 Å². The summed E-state index contributed by atoms with van der Waals surface area (Å²) < 4.78 is 0. The summed E-state index contributed by atoms with van der Waals surface area (Å²) in [6, 6.07) is -0.953. The minimum absolute atomic E-state index is 0.0171. The van der Waals surface area contributed by atoms with Crippen molar-refractivity contribution < 1.29 is 14.4 Å². The molecular formula is C23H48N6O3. The Labute approximate surface area is 195 Å². The van der Waals surface area contributed by atoms with Crippen LogP contribution in [0.1, 0.15) is 64.7 Å². The number of likely N-dealkylation sites (N-methyl/N-ethyl adjacent to an activating group) is 2. The number of hydrogen-bond donors (Lipinski definition) is 6. The van der Waals surface area contributed by atoms with Gasteiger partial charge in [-0.25, -0.2) is 0 Å². The molecule has 6 N–H and O–H groups in total. The van der Waals surface area contributed by atoms with Crippen LogP contribution in [-0.2, 0) is 14.4 Å². The van der Waals surface area contributed by atoms with Gasteiger partial charge in [-0.2, -0.15) is 0 Å². The van der Waals surface area contributed by atoms with E-state index in [1.54, 1.807) is 7.05 Å². The Hall–Kier alpha value is -1.55. The monoisotopic (exact) mass is 456 g/mol. The zero-order valence-electron chi connectivity index (χ0n) is 20.9. The molecule has 0 aliphatic carbocycles. The number of unbranched alkanes of at least 4 members (excludes halogenated alkanes) is 3. The maximum atomic E-state index is 12.6. The Kier molecular flexibility index (Phi) is 19.1. The van der Waals surface area contributed by atoms with Crippen LogP contribution in [0.5, 0.6) is 0 Å². The molecule has 0 aromatic carbocycles. The van der Waals surface area contributed by atoms with Crippen molar-refractivity contribution in [2.24, 2.45) is 0 Å². The molecule has 0 aliphatic heterocycles. The molecule has 0 aliphatic rings. The minimum Gasteiger partial charge on any atom is -0.355 e. The van der Waals surface area contributed by atoms with E-state index in [0.29, 0.717) is 13.0 Å². The summed E-state index contributed by atoms with van der Waals surface area (Å²) in [6.07, 6.45) is 7.62. The molecule has 0 bridgehead atoms. The summed E-state index contributed by atoms with van der Waals surface area (Å²) in [5.74, 6) is -0.145. The SMILES string of the molecule is CNCCCC[C@H](NC)C(=O)NCCCC[C@H](NC(=O)[C@H](CCCCNC)NC)C(C)=O. The van der Waals surface area contributed by atoms with E-state index >= 15 is 0 Å². The Morgan fingerprint density at radius 2 is 1.03 bits per heavy atom. The molecule has 9 nitrogen and oxygen atoms in total. The molecule has 9 heteroatoms. The van der Waals surface area contributed by atoms with Crippen molar-refractivity contribution in [2.75, 3.05) is 47.8 Å². The zero-order chi connectivity index (χ0) is 24.2. The first-order valence-electron chi connectivity index (χ1n) is 12.1. The van der Waals surface area contributed by atoms with Gasteiger partial charge in [0.1, 0.15) is 0 Å². The molecule has 0 saturated carbocycles. The normalized spacial score (nSPS) is 13.9. The molecule has 0 unspecified atom stereocenters. The van der Waals surface area contributed by atoms with Gasteiger partial charge in [-0.1, -0.05) is 12.8 Å². The number of ketones is 1. The molecule has 2 amide bonds. The van der Waals surface area contributed by atoms with E-state index in [9.17, 15) is 14.4 Å². The van der Waals surface area contributed by atoms with Gasteiger partial charge >= 0.3 is 0 Å². The first kappa shape index (κ1) is 30.4.